The van der Waals surface area contributed by atoms with Gasteiger partial charge in [-0.1, -0.05) is 22.9 Å². The molecule has 0 radical (unpaired) electrons. The number of thiophene rings is 1. The predicted molar refractivity (Wildman–Crippen MR) is 81.4 cm³/mol. The monoisotopic (exact) mass is 358 g/mol. The van der Waals surface area contributed by atoms with Gasteiger partial charge in [-0.3, -0.25) is 4.79 Å². The molecule has 1 amide bonds. The zero-order chi connectivity index (χ0) is 15.3. The maximum atomic E-state index is 11.9. The molecule has 5 nitrogen and oxygen atoms in total. The Labute approximate surface area is 130 Å². The van der Waals surface area contributed by atoms with Crippen molar-refractivity contribution >= 4 is 44.1 Å². The molecule has 1 aromatic rings. The van der Waals surface area contributed by atoms with Gasteiger partial charge in [0.2, 0.25) is 5.91 Å². The fourth-order valence-electron chi connectivity index (χ4n) is 1.50. The van der Waals surface area contributed by atoms with E-state index in [1.165, 1.54) is 0 Å². The summed E-state index contributed by atoms with van der Waals surface area (Å²) in [5, 5.41) is 12.2. The lowest BCUT2D eigenvalue weighted by atomic mass is 10.1. The highest BCUT2D eigenvalue weighted by molar-refractivity contribution is 9.10. The van der Waals surface area contributed by atoms with Crippen LogP contribution in [0.25, 0.3) is 0 Å². The van der Waals surface area contributed by atoms with Gasteiger partial charge in [-0.25, -0.2) is 4.79 Å². The summed E-state index contributed by atoms with van der Waals surface area (Å²) in [5.41, 5.74) is 0.844. The second-order valence-electron chi connectivity index (χ2n) is 3.96. The number of amides is 1. The molecule has 1 unspecified atom stereocenters. The van der Waals surface area contributed by atoms with Crippen LogP contribution in [-0.2, 0) is 9.53 Å². The van der Waals surface area contributed by atoms with Gasteiger partial charge in [0, 0.05) is 0 Å². The van der Waals surface area contributed by atoms with E-state index in [1.54, 1.807) is 13.8 Å². The van der Waals surface area contributed by atoms with Crippen LogP contribution in [0.15, 0.2) is 0 Å². The fraction of sp³-hybridized carbons (Fsp3) is 0.462. The van der Waals surface area contributed by atoms with E-state index in [-0.39, 0.29) is 17.3 Å². The van der Waals surface area contributed by atoms with Gasteiger partial charge >= 0.3 is 5.97 Å². The van der Waals surface area contributed by atoms with Crippen LogP contribution in [0, 0.1) is 18.3 Å². The molecule has 108 valence electrons. The van der Waals surface area contributed by atoms with Gasteiger partial charge in [0.05, 0.1) is 17.0 Å². The third kappa shape index (κ3) is 3.58. The molecule has 0 aliphatic carbocycles. The van der Waals surface area contributed by atoms with Crippen molar-refractivity contribution in [2.24, 2.45) is 0 Å². The van der Waals surface area contributed by atoms with Crippen LogP contribution in [0.5, 0.6) is 0 Å². The standard InChI is InChI=1S/C13H15BrN2O3S/c1-4-9(14)11(17)16-12-8(6-15)7(3)10(20-12)13(18)19-5-2/h9H,4-5H2,1-3H3,(H,16,17). The number of anilines is 1. The number of nitrogens with one attached hydrogen (secondary N) is 1. The zero-order valence-corrected chi connectivity index (χ0v) is 13.9. The first-order chi connectivity index (χ1) is 9.46. The highest BCUT2D eigenvalue weighted by Crippen LogP contribution is 2.33. The van der Waals surface area contributed by atoms with Gasteiger partial charge in [0.1, 0.15) is 15.9 Å². The third-order valence-electron chi connectivity index (χ3n) is 2.60. The summed E-state index contributed by atoms with van der Waals surface area (Å²) in [7, 11) is 0. The molecule has 1 N–H and O–H groups in total. The summed E-state index contributed by atoms with van der Waals surface area (Å²) in [6.45, 7) is 5.51. The zero-order valence-electron chi connectivity index (χ0n) is 11.4. The summed E-state index contributed by atoms with van der Waals surface area (Å²) in [5.74, 6) is -0.710. The molecule has 0 fully saturated rings. The van der Waals surface area contributed by atoms with Gasteiger partial charge in [-0.2, -0.15) is 5.26 Å². The van der Waals surface area contributed by atoms with Gasteiger partial charge in [0.15, 0.2) is 0 Å². The number of nitrogens with zero attached hydrogens (tertiary/aromatic N) is 1. The number of esters is 1. The Morgan fingerprint density at radius 2 is 2.15 bits per heavy atom. The molecule has 1 atom stereocenters. The SMILES string of the molecule is CCOC(=O)c1sc(NC(=O)C(Br)CC)c(C#N)c1C. The van der Waals surface area contributed by atoms with Crippen molar-refractivity contribution in [1.82, 2.24) is 0 Å². The van der Waals surface area contributed by atoms with Crippen molar-refractivity contribution in [2.75, 3.05) is 11.9 Å². The van der Waals surface area contributed by atoms with E-state index in [9.17, 15) is 14.9 Å². The minimum absolute atomic E-state index is 0.236. The number of ether oxygens (including phenoxy) is 1. The lowest BCUT2D eigenvalue weighted by Gasteiger charge is -2.06. The van der Waals surface area contributed by atoms with Crippen molar-refractivity contribution in [3.8, 4) is 6.07 Å². The van der Waals surface area contributed by atoms with Crippen molar-refractivity contribution in [3.63, 3.8) is 0 Å². The normalized spacial score (nSPS) is 11.6. The molecule has 0 saturated carbocycles. The Bertz CT molecular complexity index is 563. The quantitative estimate of drug-likeness (QED) is 0.647. The number of hydrogen-bond acceptors (Lipinski definition) is 5. The third-order valence-corrected chi connectivity index (χ3v) is 4.85. The largest absolute Gasteiger partial charge is 0.462 e. The van der Waals surface area contributed by atoms with Crippen LogP contribution >= 0.6 is 27.3 Å². The molecule has 1 rings (SSSR count). The molecule has 1 aromatic heterocycles. The van der Waals surface area contributed by atoms with E-state index >= 15 is 0 Å². The number of nitriles is 1. The lowest BCUT2D eigenvalue weighted by molar-refractivity contribution is -0.115. The number of alkyl halides is 1. The van der Waals surface area contributed by atoms with Gasteiger partial charge in [0.25, 0.3) is 0 Å². The number of rotatable bonds is 5. The highest BCUT2D eigenvalue weighted by atomic mass is 79.9. The molecule has 1 heterocycles. The molecule has 0 bridgehead atoms. The predicted octanol–water partition coefficient (Wildman–Crippen LogP) is 3.22. The van der Waals surface area contributed by atoms with Crippen LogP contribution in [-0.4, -0.2) is 23.3 Å². The van der Waals surface area contributed by atoms with Crippen LogP contribution in [0.4, 0.5) is 5.00 Å². The van der Waals surface area contributed by atoms with Gasteiger partial charge in [-0.15, -0.1) is 11.3 Å². The first-order valence-electron chi connectivity index (χ1n) is 6.11. The van der Waals surface area contributed by atoms with Crippen molar-refractivity contribution in [3.05, 3.63) is 16.0 Å². The van der Waals surface area contributed by atoms with Crippen LogP contribution in [0.3, 0.4) is 0 Å². The molecule has 0 aliphatic rings. The van der Waals surface area contributed by atoms with Crippen LogP contribution in [0.2, 0.25) is 0 Å². The van der Waals surface area contributed by atoms with E-state index in [2.05, 4.69) is 21.2 Å². The number of carbonyl (C=O) groups is 2. The summed E-state index contributed by atoms with van der Waals surface area (Å²) in [6, 6.07) is 2.02. The van der Waals surface area contributed by atoms with E-state index in [0.29, 0.717) is 27.4 Å². The van der Waals surface area contributed by atoms with E-state index in [4.69, 9.17) is 4.74 Å². The average molecular weight is 359 g/mol. The maximum absolute atomic E-state index is 11.9. The molecular formula is C13H15BrN2O3S. The summed E-state index contributed by atoms with van der Waals surface area (Å²) in [4.78, 5) is 23.6. The Morgan fingerprint density at radius 1 is 1.50 bits per heavy atom. The second-order valence-corrected chi connectivity index (χ2v) is 6.08. The van der Waals surface area contributed by atoms with E-state index < -0.39 is 5.97 Å². The Morgan fingerprint density at radius 3 is 2.65 bits per heavy atom. The molecule has 7 heteroatoms. The first-order valence-corrected chi connectivity index (χ1v) is 7.84. The molecular weight excluding hydrogens is 344 g/mol. The molecule has 20 heavy (non-hydrogen) atoms. The smallest absolute Gasteiger partial charge is 0.348 e. The first kappa shape index (κ1) is 16.7. The van der Waals surface area contributed by atoms with Gasteiger partial charge in [-0.05, 0) is 25.8 Å². The minimum Gasteiger partial charge on any atom is -0.462 e. The van der Waals surface area contributed by atoms with Crippen molar-refractivity contribution in [2.45, 2.75) is 32.0 Å². The van der Waals surface area contributed by atoms with Crippen LogP contribution in [0.1, 0.15) is 41.1 Å². The summed E-state index contributed by atoms with van der Waals surface area (Å²) >= 11 is 4.31. The van der Waals surface area contributed by atoms with Crippen LogP contribution < -0.4 is 5.32 Å². The van der Waals surface area contributed by atoms with E-state index in [0.717, 1.165) is 11.3 Å². The van der Waals surface area contributed by atoms with E-state index in [1.807, 2.05) is 13.0 Å². The fourth-order valence-corrected chi connectivity index (χ4v) is 2.67. The highest BCUT2D eigenvalue weighted by Gasteiger charge is 2.23. The van der Waals surface area contributed by atoms with Gasteiger partial charge < -0.3 is 10.1 Å². The Balaban J connectivity index is 3.09. The summed E-state index contributed by atoms with van der Waals surface area (Å²) < 4.78 is 4.94. The average Bonchev–Trinajstić information content (AvgIpc) is 2.74. The Hall–Kier alpha value is -1.39. The number of halogens is 1. The summed E-state index contributed by atoms with van der Waals surface area (Å²) in [6.07, 6.45) is 0.628. The second kappa shape index (κ2) is 7.41. The lowest BCUT2D eigenvalue weighted by Crippen LogP contribution is -2.21. The van der Waals surface area contributed by atoms with Crippen molar-refractivity contribution < 1.29 is 14.3 Å². The molecule has 0 aliphatic heterocycles. The molecule has 0 saturated heterocycles. The minimum atomic E-state index is -0.474. The maximum Gasteiger partial charge on any atom is 0.348 e. The number of hydrogen-bond donors (Lipinski definition) is 1. The topological polar surface area (TPSA) is 79.2 Å². The molecule has 0 spiro atoms. The number of carbonyl (C=O) groups excluding carboxylic acids is 2. The van der Waals surface area contributed by atoms with Crippen molar-refractivity contribution in [1.29, 1.82) is 5.26 Å². The Kier molecular flexibility index (Phi) is 6.17. The molecule has 0 aromatic carbocycles.